The van der Waals surface area contributed by atoms with Crippen LogP contribution in [0.4, 0.5) is 0 Å². The van der Waals surface area contributed by atoms with E-state index >= 15 is 0 Å². The molecule has 1 aromatic heterocycles. The van der Waals surface area contributed by atoms with E-state index in [4.69, 9.17) is 9.26 Å². The first kappa shape index (κ1) is 15.5. The second-order valence-corrected chi connectivity index (χ2v) is 5.68. The Morgan fingerprint density at radius 1 is 1.26 bits per heavy atom. The van der Waals surface area contributed by atoms with E-state index in [-0.39, 0.29) is 5.91 Å². The lowest BCUT2D eigenvalue weighted by molar-refractivity contribution is -0.130. The first-order valence-electron chi connectivity index (χ1n) is 8.01. The Bertz CT molecular complexity index is 645. The lowest BCUT2D eigenvalue weighted by Gasteiger charge is -2.14. The molecule has 1 amide bonds. The average molecular weight is 315 g/mol. The number of ether oxygens (including phenoxy) is 1. The van der Waals surface area contributed by atoms with E-state index in [1.54, 1.807) is 7.11 Å². The van der Waals surface area contributed by atoms with Gasteiger partial charge < -0.3 is 14.2 Å². The molecule has 1 aliphatic rings. The maximum absolute atomic E-state index is 12.0. The largest absolute Gasteiger partial charge is 0.497 e. The number of hydrogen-bond acceptors (Lipinski definition) is 5. The number of nitrogens with zero attached hydrogens (tertiary/aromatic N) is 3. The highest BCUT2D eigenvalue weighted by Crippen LogP contribution is 2.20. The van der Waals surface area contributed by atoms with Crippen LogP contribution < -0.4 is 4.74 Å². The summed E-state index contributed by atoms with van der Waals surface area (Å²) in [5.41, 5.74) is 0.883. The molecular formula is C17H21N3O3. The van der Waals surface area contributed by atoms with Crippen LogP contribution in [-0.4, -0.2) is 41.1 Å². The predicted octanol–water partition coefficient (Wildman–Crippen LogP) is 2.69. The maximum atomic E-state index is 12.0. The summed E-state index contributed by atoms with van der Waals surface area (Å²) < 4.78 is 10.4. The summed E-state index contributed by atoms with van der Waals surface area (Å²) in [5.74, 6) is 2.16. The molecule has 0 radical (unpaired) electrons. The van der Waals surface area contributed by atoms with Crippen LogP contribution >= 0.6 is 0 Å². The van der Waals surface area contributed by atoms with E-state index in [0.717, 1.165) is 43.7 Å². The van der Waals surface area contributed by atoms with Crippen molar-refractivity contribution in [3.8, 4) is 17.1 Å². The molecule has 1 aromatic carbocycles. The zero-order valence-corrected chi connectivity index (χ0v) is 13.3. The van der Waals surface area contributed by atoms with Crippen LogP contribution in [0.5, 0.6) is 5.75 Å². The number of likely N-dealkylation sites (tertiary alicyclic amines) is 1. The van der Waals surface area contributed by atoms with E-state index in [9.17, 15) is 4.79 Å². The first-order valence-corrected chi connectivity index (χ1v) is 8.01. The van der Waals surface area contributed by atoms with Crippen LogP contribution in [0.2, 0.25) is 0 Å². The van der Waals surface area contributed by atoms with Gasteiger partial charge in [0.1, 0.15) is 5.75 Å². The minimum absolute atomic E-state index is 0.234. The molecule has 0 bridgehead atoms. The molecule has 0 unspecified atom stereocenters. The number of hydrogen-bond donors (Lipinski definition) is 0. The second-order valence-electron chi connectivity index (χ2n) is 5.68. The fraction of sp³-hybridized carbons (Fsp3) is 0.471. The molecule has 2 heterocycles. The highest BCUT2D eigenvalue weighted by molar-refractivity contribution is 5.76. The van der Waals surface area contributed by atoms with Gasteiger partial charge in [-0.15, -0.1) is 0 Å². The number of benzene rings is 1. The molecule has 1 aliphatic heterocycles. The number of amides is 1. The van der Waals surface area contributed by atoms with Crippen LogP contribution in [-0.2, 0) is 11.2 Å². The van der Waals surface area contributed by atoms with Gasteiger partial charge in [-0.2, -0.15) is 4.98 Å². The molecule has 1 saturated heterocycles. The van der Waals surface area contributed by atoms with Crippen LogP contribution in [0.25, 0.3) is 11.4 Å². The third-order valence-electron chi connectivity index (χ3n) is 4.06. The van der Waals surface area contributed by atoms with Crippen molar-refractivity contribution in [2.75, 3.05) is 20.2 Å². The fourth-order valence-electron chi connectivity index (χ4n) is 2.73. The molecule has 23 heavy (non-hydrogen) atoms. The van der Waals surface area contributed by atoms with Gasteiger partial charge in [-0.1, -0.05) is 5.16 Å². The zero-order chi connectivity index (χ0) is 16.1. The molecular weight excluding hydrogens is 294 g/mol. The third kappa shape index (κ3) is 3.88. The lowest BCUT2D eigenvalue weighted by atomic mass is 10.2. The van der Waals surface area contributed by atoms with Gasteiger partial charge in [0.2, 0.25) is 17.6 Å². The normalized spacial score (nSPS) is 14.2. The highest BCUT2D eigenvalue weighted by Gasteiger charge is 2.17. The molecule has 1 fully saturated rings. The Kier molecular flexibility index (Phi) is 4.90. The van der Waals surface area contributed by atoms with Gasteiger partial charge in [-0.05, 0) is 43.5 Å². The highest BCUT2D eigenvalue weighted by atomic mass is 16.5. The molecule has 3 rings (SSSR count). The van der Waals surface area contributed by atoms with Gasteiger partial charge in [0.25, 0.3) is 0 Å². The maximum Gasteiger partial charge on any atom is 0.226 e. The van der Waals surface area contributed by atoms with E-state index in [1.807, 2.05) is 29.2 Å². The standard InChI is InChI=1S/C17H21N3O3/c1-22-14-9-7-13(8-10-14)17-18-15(23-19-17)5-4-6-16(21)20-11-2-3-12-20/h7-10H,2-6,11-12H2,1H3. The second kappa shape index (κ2) is 7.26. The average Bonchev–Trinajstić information content (AvgIpc) is 3.27. The minimum Gasteiger partial charge on any atom is -0.497 e. The Hall–Kier alpha value is -2.37. The number of aromatic nitrogens is 2. The summed E-state index contributed by atoms with van der Waals surface area (Å²) >= 11 is 0. The van der Waals surface area contributed by atoms with E-state index < -0.39 is 0 Å². The summed E-state index contributed by atoms with van der Waals surface area (Å²) in [5, 5.41) is 3.99. The number of aryl methyl sites for hydroxylation is 1. The van der Waals surface area contributed by atoms with Crippen molar-refractivity contribution in [1.29, 1.82) is 0 Å². The van der Waals surface area contributed by atoms with Crippen molar-refractivity contribution < 1.29 is 14.1 Å². The summed E-state index contributed by atoms with van der Waals surface area (Å²) in [6.07, 6.45) is 4.16. The monoisotopic (exact) mass is 315 g/mol. The number of rotatable bonds is 6. The van der Waals surface area contributed by atoms with Crippen LogP contribution in [0.15, 0.2) is 28.8 Å². The summed E-state index contributed by atoms with van der Waals surface area (Å²) in [4.78, 5) is 18.3. The van der Waals surface area contributed by atoms with Crippen molar-refractivity contribution in [3.63, 3.8) is 0 Å². The molecule has 6 nitrogen and oxygen atoms in total. The van der Waals surface area contributed by atoms with Crippen molar-refractivity contribution in [2.45, 2.75) is 32.1 Å². The quantitative estimate of drug-likeness (QED) is 0.820. The first-order chi connectivity index (χ1) is 11.3. The number of carbonyl (C=O) groups is 1. The van der Waals surface area contributed by atoms with Crippen molar-refractivity contribution in [2.24, 2.45) is 0 Å². The fourth-order valence-corrected chi connectivity index (χ4v) is 2.73. The summed E-state index contributed by atoms with van der Waals surface area (Å²) in [6.45, 7) is 1.81. The van der Waals surface area contributed by atoms with Gasteiger partial charge in [0.05, 0.1) is 7.11 Å². The van der Waals surface area contributed by atoms with Gasteiger partial charge in [0, 0.05) is 31.5 Å². The molecule has 0 atom stereocenters. The van der Waals surface area contributed by atoms with Gasteiger partial charge in [-0.3, -0.25) is 4.79 Å². The molecule has 0 aliphatic carbocycles. The SMILES string of the molecule is COc1ccc(-c2noc(CCCC(=O)N3CCCC3)n2)cc1. The smallest absolute Gasteiger partial charge is 0.226 e. The van der Waals surface area contributed by atoms with E-state index in [2.05, 4.69) is 10.1 Å². The van der Waals surface area contributed by atoms with Crippen LogP contribution in [0, 0.1) is 0 Å². The van der Waals surface area contributed by atoms with Crippen molar-refractivity contribution >= 4 is 5.91 Å². The predicted molar refractivity (Wildman–Crippen MR) is 85.0 cm³/mol. The Balaban J connectivity index is 1.51. The van der Waals surface area contributed by atoms with Gasteiger partial charge in [0.15, 0.2) is 0 Å². The minimum atomic E-state index is 0.234. The summed E-state index contributed by atoms with van der Waals surface area (Å²) in [7, 11) is 1.63. The summed E-state index contributed by atoms with van der Waals surface area (Å²) in [6, 6.07) is 7.51. The molecule has 122 valence electrons. The van der Waals surface area contributed by atoms with E-state index in [1.165, 1.54) is 0 Å². The lowest BCUT2D eigenvalue weighted by Crippen LogP contribution is -2.27. The van der Waals surface area contributed by atoms with Gasteiger partial charge in [-0.25, -0.2) is 0 Å². The zero-order valence-electron chi connectivity index (χ0n) is 13.3. The molecule has 2 aromatic rings. The van der Waals surface area contributed by atoms with Gasteiger partial charge >= 0.3 is 0 Å². The van der Waals surface area contributed by atoms with Crippen LogP contribution in [0.1, 0.15) is 31.6 Å². The van der Waals surface area contributed by atoms with Crippen molar-refractivity contribution in [3.05, 3.63) is 30.2 Å². The number of methoxy groups -OCH3 is 1. The Morgan fingerprint density at radius 2 is 2.00 bits per heavy atom. The number of carbonyl (C=O) groups excluding carboxylic acids is 1. The Labute approximate surface area is 135 Å². The molecule has 0 saturated carbocycles. The molecule has 0 spiro atoms. The van der Waals surface area contributed by atoms with E-state index in [0.29, 0.717) is 24.6 Å². The van der Waals surface area contributed by atoms with Crippen LogP contribution in [0.3, 0.4) is 0 Å². The Morgan fingerprint density at radius 3 is 2.70 bits per heavy atom. The molecule has 0 N–H and O–H groups in total. The van der Waals surface area contributed by atoms with Crippen molar-refractivity contribution in [1.82, 2.24) is 15.0 Å². The molecule has 6 heteroatoms. The topological polar surface area (TPSA) is 68.5 Å². The third-order valence-corrected chi connectivity index (χ3v) is 4.06.